The predicted molar refractivity (Wildman–Crippen MR) is 67.2 cm³/mol. The number of benzene rings is 1. The second-order valence-electron chi connectivity index (χ2n) is 3.43. The molecule has 0 fully saturated rings. The molecule has 0 saturated heterocycles. The molecular weight excluding hydrogens is 216 g/mol. The SMILES string of the molecule is Nc1ccccc1NC(=O)C=Cc1ccco1. The topological polar surface area (TPSA) is 68.3 Å². The lowest BCUT2D eigenvalue weighted by Crippen LogP contribution is -2.09. The number of nitrogens with one attached hydrogen (secondary N) is 1. The van der Waals surface area contributed by atoms with E-state index in [0.717, 1.165) is 0 Å². The Labute approximate surface area is 98.7 Å². The molecule has 0 saturated carbocycles. The van der Waals surface area contributed by atoms with E-state index in [1.807, 2.05) is 12.1 Å². The highest BCUT2D eigenvalue weighted by atomic mass is 16.3. The second-order valence-corrected chi connectivity index (χ2v) is 3.43. The van der Waals surface area contributed by atoms with Crippen LogP contribution in [0.4, 0.5) is 11.4 Å². The first-order valence-corrected chi connectivity index (χ1v) is 5.13. The lowest BCUT2D eigenvalue weighted by molar-refractivity contribution is -0.111. The monoisotopic (exact) mass is 228 g/mol. The van der Waals surface area contributed by atoms with Crippen LogP contribution in [-0.4, -0.2) is 5.91 Å². The third-order valence-corrected chi connectivity index (χ3v) is 2.16. The summed E-state index contributed by atoms with van der Waals surface area (Å²) in [5.41, 5.74) is 6.84. The summed E-state index contributed by atoms with van der Waals surface area (Å²) in [5, 5.41) is 2.68. The van der Waals surface area contributed by atoms with Crippen LogP contribution >= 0.6 is 0 Å². The molecule has 0 aliphatic rings. The Morgan fingerprint density at radius 2 is 2.06 bits per heavy atom. The first kappa shape index (κ1) is 11.0. The van der Waals surface area contributed by atoms with Crippen molar-refractivity contribution >= 4 is 23.4 Å². The molecule has 4 heteroatoms. The molecular formula is C13H12N2O2. The third-order valence-electron chi connectivity index (χ3n) is 2.16. The number of carbonyl (C=O) groups excluding carboxylic acids is 1. The van der Waals surface area contributed by atoms with E-state index >= 15 is 0 Å². The fraction of sp³-hybridized carbons (Fsp3) is 0. The van der Waals surface area contributed by atoms with Crippen LogP contribution in [0.15, 0.2) is 53.2 Å². The van der Waals surface area contributed by atoms with Gasteiger partial charge < -0.3 is 15.5 Å². The molecule has 4 nitrogen and oxygen atoms in total. The summed E-state index contributed by atoms with van der Waals surface area (Å²) in [4.78, 5) is 11.6. The molecule has 1 heterocycles. The van der Waals surface area contributed by atoms with E-state index in [1.165, 1.54) is 6.08 Å². The van der Waals surface area contributed by atoms with E-state index < -0.39 is 0 Å². The molecule has 0 aliphatic carbocycles. The number of amides is 1. The Hall–Kier alpha value is -2.49. The van der Waals surface area contributed by atoms with Gasteiger partial charge in [0.15, 0.2) is 0 Å². The molecule has 0 bridgehead atoms. The van der Waals surface area contributed by atoms with E-state index in [9.17, 15) is 4.79 Å². The van der Waals surface area contributed by atoms with Crippen molar-refractivity contribution in [3.63, 3.8) is 0 Å². The van der Waals surface area contributed by atoms with Crippen LogP contribution in [0.5, 0.6) is 0 Å². The lowest BCUT2D eigenvalue weighted by atomic mass is 10.2. The van der Waals surface area contributed by atoms with Crippen LogP contribution in [0.3, 0.4) is 0 Å². The van der Waals surface area contributed by atoms with Crippen molar-refractivity contribution < 1.29 is 9.21 Å². The van der Waals surface area contributed by atoms with E-state index in [1.54, 1.807) is 36.6 Å². The van der Waals surface area contributed by atoms with Crippen molar-refractivity contribution in [3.8, 4) is 0 Å². The minimum Gasteiger partial charge on any atom is -0.465 e. The summed E-state index contributed by atoms with van der Waals surface area (Å²) in [6, 6.07) is 10.6. The zero-order chi connectivity index (χ0) is 12.1. The van der Waals surface area contributed by atoms with Gasteiger partial charge in [0, 0.05) is 6.08 Å². The van der Waals surface area contributed by atoms with Crippen LogP contribution < -0.4 is 11.1 Å². The zero-order valence-corrected chi connectivity index (χ0v) is 9.09. The summed E-state index contributed by atoms with van der Waals surface area (Å²) < 4.78 is 5.07. The molecule has 86 valence electrons. The molecule has 17 heavy (non-hydrogen) atoms. The van der Waals surface area contributed by atoms with Gasteiger partial charge in [0.05, 0.1) is 17.6 Å². The summed E-state index contributed by atoms with van der Waals surface area (Å²) in [7, 11) is 0. The van der Waals surface area contributed by atoms with Crippen molar-refractivity contribution in [3.05, 3.63) is 54.5 Å². The smallest absolute Gasteiger partial charge is 0.248 e. The van der Waals surface area contributed by atoms with Gasteiger partial charge in [-0.2, -0.15) is 0 Å². The molecule has 1 amide bonds. The average Bonchev–Trinajstić information content (AvgIpc) is 2.82. The van der Waals surface area contributed by atoms with Gasteiger partial charge in [0.25, 0.3) is 0 Å². The van der Waals surface area contributed by atoms with Crippen LogP contribution in [0, 0.1) is 0 Å². The van der Waals surface area contributed by atoms with Gasteiger partial charge in [0.2, 0.25) is 5.91 Å². The molecule has 0 unspecified atom stereocenters. The van der Waals surface area contributed by atoms with Crippen molar-refractivity contribution in [1.82, 2.24) is 0 Å². The number of anilines is 2. The molecule has 2 rings (SSSR count). The van der Waals surface area contributed by atoms with Crippen LogP contribution in [-0.2, 0) is 4.79 Å². The standard InChI is InChI=1S/C13H12N2O2/c14-11-5-1-2-6-12(11)15-13(16)8-7-10-4-3-9-17-10/h1-9H,14H2,(H,15,16). The quantitative estimate of drug-likeness (QED) is 0.626. The molecule has 1 aromatic carbocycles. The second kappa shape index (κ2) is 5.03. The largest absolute Gasteiger partial charge is 0.465 e. The van der Waals surface area contributed by atoms with Crippen LogP contribution in [0.25, 0.3) is 6.08 Å². The van der Waals surface area contributed by atoms with Gasteiger partial charge in [-0.1, -0.05) is 12.1 Å². The molecule has 0 aliphatic heterocycles. The Bertz CT molecular complexity index is 530. The lowest BCUT2D eigenvalue weighted by Gasteiger charge is -2.04. The molecule has 0 radical (unpaired) electrons. The highest BCUT2D eigenvalue weighted by Crippen LogP contribution is 2.16. The first-order chi connectivity index (χ1) is 8.25. The maximum atomic E-state index is 11.6. The van der Waals surface area contributed by atoms with E-state index in [2.05, 4.69) is 5.32 Å². The Morgan fingerprint density at radius 3 is 2.76 bits per heavy atom. The number of para-hydroxylation sites is 2. The number of hydrogen-bond donors (Lipinski definition) is 2. The molecule has 1 aromatic heterocycles. The number of furan rings is 1. The van der Waals surface area contributed by atoms with Gasteiger partial charge in [-0.05, 0) is 30.3 Å². The summed E-state index contributed by atoms with van der Waals surface area (Å²) in [5.74, 6) is 0.375. The summed E-state index contributed by atoms with van der Waals surface area (Å²) in [6.45, 7) is 0. The van der Waals surface area contributed by atoms with Gasteiger partial charge in [0.1, 0.15) is 5.76 Å². The van der Waals surface area contributed by atoms with Crippen molar-refractivity contribution in [2.45, 2.75) is 0 Å². The molecule has 3 N–H and O–H groups in total. The van der Waals surface area contributed by atoms with Crippen LogP contribution in [0.2, 0.25) is 0 Å². The van der Waals surface area contributed by atoms with Gasteiger partial charge in [-0.15, -0.1) is 0 Å². The minimum absolute atomic E-state index is 0.251. The maximum Gasteiger partial charge on any atom is 0.248 e. The third kappa shape index (κ3) is 2.98. The Balaban J connectivity index is 2.01. The number of hydrogen-bond acceptors (Lipinski definition) is 3. The molecule has 0 atom stereocenters. The maximum absolute atomic E-state index is 11.6. The highest BCUT2D eigenvalue weighted by Gasteiger charge is 2.00. The van der Waals surface area contributed by atoms with Gasteiger partial charge >= 0.3 is 0 Å². The van der Waals surface area contributed by atoms with E-state index in [4.69, 9.17) is 10.2 Å². The Kier molecular flexibility index (Phi) is 3.25. The normalized spacial score (nSPS) is 10.6. The van der Waals surface area contributed by atoms with Gasteiger partial charge in [-0.3, -0.25) is 4.79 Å². The van der Waals surface area contributed by atoms with E-state index in [-0.39, 0.29) is 5.91 Å². The molecule has 0 spiro atoms. The average molecular weight is 228 g/mol. The number of carbonyl (C=O) groups is 1. The minimum atomic E-state index is -0.251. The van der Waals surface area contributed by atoms with Crippen molar-refractivity contribution in [1.29, 1.82) is 0 Å². The first-order valence-electron chi connectivity index (χ1n) is 5.13. The highest BCUT2D eigenvalue weighted by molar-refractivity contribution is 6.03. The Morgan fingerprint density at radius 1 is 1.24 bits per heavy atom. The van der Waals surface area contributed by atoms with Crippen LogP contribution in [0.1, 0.15) is 5.76 Å². The fourth-order valence-corrected chi connectivity index (χ4v) is 1.33. The van der Waals surface area contributed by atoms with Crippen molar-refractivity contribution in [2.24, 2.45) is 0 Å². The summed E-state index contributed by atoms with van der Waals surface area (Å²) in [6.07, 6.45) is 4.53. The number of nitrogen functional groups attached to an aromatic ring is 1. The predicted octanol–water partition coefficient (Wildman–Crippen LogP) is 2.51. The van der Waals surface area contributed by atoms with Gasteiger partial charge in [-0.25, -0.2) is 0 Å². The number of rotatable bonds is 3. The van der Waals surface area contributed by atoms with E-state index in [0.29, 0.717) is 17.1 Å². The fourth-order valence-electron chi connectivity index (χ4n) is 1.33. The zero-order valence-electron chi connectivity index (χ0n) is 9.09. The summed E-state index contributed by atoms with van der Waals surface area (Å²) >= 11 is 0. The van der Waals surface area contributed by atoms with Crippen molar-refractivity contribution in [2.75, 3.05) is 11.1 Å². The molecule has 2 aromatic rings. The number of nitrogens with two attached hydrogens (primary N) is 1.